The van der Waals surface area contributed by atoms with Gasteiger partial charge in [-0.25, -0.2) is 0 Å². The largest absolute Gasteiger partial charge is 0.379 e. The van der Waals surface area contributed by atoms with E-state index in [0.717, 1.165) is 19.3 Å². The predicted octanol–water partition coefficient (Wildman–Crippen LogP) is 1.77. The van der Waals surface area contributed by atoms with Crippen molar-refractivity contribution < 1.29 is 14.4 Å². The number of rotatable bonds is 3. The zero-order chi connectivity index (χ0) is 12.6. The van der Waals surface area contributed by atoms with Crippen LogP contribution < -0.4 is 0 Å². The molecule has 2 aliphatic carbocycles. The summed E-state index contributed by atoms with van der Waals surface area (Å²) in [7, 11) is 0. The summed E-state index contributed by atoms with van der Waals surface area (Å²) >= 11 is 0. The molecule has 0 aromatic carbocycles. The van der Waals surface area contributed by atoms with E-state index in [4.69, 9.17) is 9.57 Å². The van der Waals surface area contributed by atoms with Crippen LogP contribution in [0.3, 0.4) is 0 Å². The Balaban J connectivity index is 1.64. The van der Waals surface area contributed by atoms with Gasteiger partial charge in [0.25, 0.3) is 0 Å². The maximum absolute atomic E-state index is 12.3. The Kier molecular flexibility index (Phi) is 3.16. The molecule has 2 bridgehead atoms. The molecule has 0 N–H and O–H groups in total. The van der Waals surface area contributed by atoms with Crippen molar-refractivity contribution in [2.75, 3.05) is 26.3 Å². The fraction of sp³-hybridized carbons (Fsp3) is 0.786. The van der Waals surface area contributed by atoms with Gasteiger partial charge in [-0.1, -0.05) is 19.1 Å². The SMILES string of the molecule is CCC12C=CC(CC1C(=O)ON1CCOCC1)C2. The molecular weight excluding hydrogens is 230 g/mol. The molecule has 1 saturated carbocycles. The third-order valence-corrected chi connectivity index (χ3v) is 4.71. The second kappa shape index (κ2) is 4.67. The van der Waals surface area contributed by atoms with Crippen LogP contribution in [0.1, 0.15) is 26.2 Å². The molecule has 0 radical (unpaired) electrons. The van der Waals surface area contributed by atoms with Crippen LogP contribution in [0.15, 0.2) is 12.2 Å². The lowest BCUT2D eigenvalue weighted by molar-refractivity contribution is -0.212. The molecule has 0 spiro atoms. The third kappa shape index (κ3) is 1.97. The third-order valence-electron chi connectivity index (χ3n) is 4.71. The summed E-state index contributed by atoms with van der Waals surface area (Å²) in [6.45, 7) is 4.86. The van der Waals surface area contributed by atoms with Crippen LogP contribution in [0.5, 0.6) is 0 Å². The molecule has 4 nitrogen and oxygen atoms in total. The maximum Gasteiger partial charge on any atom is 0.329 e. The average molecular weight is 251 g/mol. The quantitative estimate of drug-likeness (QED) is 0.717. The van der Waals surface area contributed by atoms with Crippen LogP contribution >= 0.6 is 0 Å². The summed E-state index contributed by atoms with van der Waals surface area (Å²) in [5.74, 6) is 0.609. The summed E-state index contributed by atoms with van der Waals surface area (Å²) in [5, 5.41) is 1.75. The number of hydroxylamine groups is 2. The van der Waals surface area contributed by atoms with E-state index in [1.807, 2.05) is 0 Å². The first-order valence-electron chi connectivity index (χ1n) is 6.97. The van der Waals surface area contributed by atoms with E-state index in [1.165, 1.54) is 0 Å². The standard InChI is InChI=1S/C14H21NO3/c1-2-14-4-3-11(10-14)9-12(14)13(16)18-15-5-7-17-8-6-15/h3-4,11-12H,2,5-10H2,1H3. The molecule has 3 unspecified atom stereocenters. The molecule has 4 heteroatoms. The number of hydrogen-bond acceptors (Lipinski definition) is 4. The molecule has 3 aliphatic rings. The van der Waals surface area contributed by atoms with Crippen LogP contribution in [-0.2, 0) is 14.4 Å². The van der Waals surface area contributed by atoms with E-state index >= 15 is 0 Å². The fourth-order valence-electron chi connectivity index (χ4n) is 3.58. The van der Waals surface area contributed by atoms with Gasteiger partial charge in [0.2, 0.25) is 0 Å². The zero-order valence-corrected chi connectivity index (χ0v) is 10.9. The minimum Gasteiger partial charge on any atom is -0.379 e. The van der Waals surface area contributed by atoms with Gasteiger partial charge in [0.1, 0.15) is 0 Å². The number of ether oxygens (including phenoxy) is 1. The maximum atomic E-state index is 12.3. The summed E-state index contributed by atoms with van der Waals surface area (Å²) in [6.07, 6.45) is 7.66. The minimum atomic E-state index is -0.0365. The topological polar surface area (TPSA) is 38.8 Å². The normalized spacial score (nSPS) is 39.2. The molecule has 1 heterocycles. The minimum absolute atomic E-state index is 0.0365. The fourth-order valence-corrected chi connectivity index (χ4v) is 3.58. The van der Waals surface area contributed by atoms with Crippen molar-refractivity contribution in [2.45, 2.75) is 26.2 Å². The Hall–Kier alpha value is -0.870. The highest BCUT2D eigenvalue weighted by Crippen LogP contribution is 2.55. The lowest BCUT2D eigenvalue weighted by Crippen LogP contribution is -2.41. The van der Waals surface area contributed by atoms with Crippen LogP contribution in [0.25, 0.3) is 0 Å². The number of hydrogen-bond donors (Lipinski definition) is 0. The first kappa shape index (κ1) is 12.2. The van der Waals surface area contributed by atoms with Crippen molar-refractivity contribution >= 4 is 5.97 Å². The average Bonchev–Trinajstić information content (AvgIpc) is 2.98. The first-order valence-corrected chi connectivity index (χ1v) is 6.97. The molecule has 0 amide bonds. The molecule has 1 aliphatic heterocycles. The van der Waals surface area contributed by atoms with Gasteiger partial charge in [0, 0.05) is 5.41 Å². The second-order valence-electron chi connectivity index (χ2n) is 5.65. The molecule has 18 heavy (non-hydrogen) atoms. The highest BCUT2D eigenvalue weighted by atomic mass is 16.7. The monoisotopic (exact) mass is 251 g/mol. The van der Waals surface area contributed by atoms with Gasteiger partial charge in [0.05, 0.1) is 32.2 Å². The van der Waals surface area contributed by atoms with Crippen molar-refractivity contribution in [2.24, 2.45) is 17.3 Å². The van der Waals surface area contributed by atoms with Crippen LogP contribution in [0.2, 0.25) is 0 Å². The smallest absolute Gasteiger partial charge is 0.329 e. The van der Waals surface area contributed by atoms with Gasteiger partial charge in [-0.15, -0.1) is 5.06 Å². The van der Waals surface area contributed by atoms with E-state index < -0.39 is 0 Å². The van der Waals surface area contributed by atoms with Gasteiger partial charge in [-0.05, 0) is 25.2 Å². The van der Waals surface area contributed by atoms with E-state index in [2.05, 4.69) is 19.1 Å². The number of allylic oxidation sites excluding steroid dienone is 2. The Morgan fingerprint density at radius 3 is 2.94 bits per heavy atom. The Bertz CT molecular complexity index is 362. The first-order chi connectivity index (χ1) is 8.73. The van der Waals surface area contributed by atoms with E-state index in [9.17, 15) is 4.79 Å². The predicted molar refractivity (Wildman–Crippen MR) is 66.6 cm³/mol. The molecule has 3 rings (SSSR count). The van der Waals surface area contributed by atoms with Crippen LogP contribution in [0.4, 0.5) is 0 Å². The summed E-state index contributed by atoms with van der Waals surface area (Å²) in [6, 6.07) is 0. The molecule has 3 atom stereocenters. The summed E-state index contributed by atoms with van der Waals surface area (Å²) < 4.78 is 5.25. The van der Waals surface area contributed by atoms with Gasteiger partial charge in [0.15, 0.2) is 0 Å². The zero-order valence-electron chi connectivity index (χ0n) is 10.9. The Morgan fingerprint density at radius 2 is 2.28 bits per heavy atom. The number of nitrogens with zero attached hydrogens (tertiary/aromatic N) is 1. The van der Waals surface area contributed by atoms with Crippen molar-refractivity contribution in [3.63, 3.8) is 0 Å². The second-order valence-corrected chi connectivity index (χ2v) is 5.65. The van der Waals surface area contributed by atoms with Gasteiger partial charge in [-0.2, -0.15) is 0 Å². The van der Waals surface area contributed by atoms with Gasteiger partial charge >= 0.3 is 5.97 Å². The lowest BCUT2D eigenvalue weighted by Gasteiger charge is -2.32. The molecular formula is C14H21NO3. The highest BCUT2D eigenvalue weighted by Gasteiger charge is 2.51. The lowest BCUT2D eigenvalue weighted by atomic mass is 9.76. The van der Waals surface area contributed by atoms with Crippen LogP contribution in [-0.4, -0.2) is 37.3 Å². The van der Waals surface area contributed by atoms with Gasteiger partial charge < -0.3 is 9.57 Å². The summed E-state index contributed by atoms with van der Waals surface area (Å²) in [5.41, 5.74) is 0.0774. The van der Waals surface area contributed by atoms with Crippen molar-refractivity contribution in [3.05, 3.63) is 12.2 Å². The Morgan fingerprint density at radius 1 is 1.50 bits per heavy atom. The van der Waals surface area contributed by atoms with Gasteiger partial charge in [-0.3, -0.25) is 4.79 Å². The van der Waals surface area contributed by atoms with E-state index in [-0.39, 0.29) is 17.3 Å². The number of carbonyl (C=O) groups is 1. The Labute approximate surface area is 108 Å². The number of carbonyl (C=O) groups excluding carboxylic acids is 1. The number of morpholine rings is 1. The highest BCUT2D eigenvalue weighted by molar-refractivity contribution is 5.74. The molecule has 0 aromatic heterocycles. The molecule has 1 saturated heterocycles. The molecule has 2 fully saturated rings. The molecule has 0 aromatic rings. The number of fused-ring (bicyclic) bond motifs is 2. The summed E-state index contributed by atoms with van der Waals surface area (Å²) in [4.78, 5) is 17.9. The van der Waals surface area contributed by atoms with Crippen molar-refractivity contribution in [1.29, 1.82) is 0 Å². The van der Waals surface area contributed by atoms with E-state index in [1.54, 1.807) is 5.06 Å². The van der Waals surface area contributed by atoms with Crippen LogP contribution in [0, 0.1) is 17.3 Å². The van der Waals surface area contributed by atoms with E-state index in [0.29, 0.717) is 32.2 Å². The molecule has 100 valence electrons. The van der Waals surface area contributed by atoms with Crippen molar-refractivity contribution in [1.82, 2.24) is 5.06 Å². The van der Waals surface area contributed by atoms with Crippen molar-refractivity contribution in [3.8, 4) is 0 Å².